The fraction of sp³-hybridized carbons (Fsp3) is 0.900. The van der Waals surface area contributed by atoms with Gasteiger partial charge in [-0.2, -0.15) is 0 Å². The third kappa shape index (κ3) is 7.57. The molecule has 0 aliphatic rings. The molecular weight excluding hydrogens is 263 g/mol. The fourth-order valence-corrected chi connectivity index (χ4v) is 1.83. The lowest BCUT2D eigenvalue weighted by atomic mass is 10.1. The molecule has 0 saturated heterocycles. The monoisotopic (exact) mass is 278 g/mol. The summed E-state index contributed by atoms with van der Waals surface area (Å²) in [4.78, 5) is 10.8. The molecule has 1 nitrogen and oxygen atoms in total. The maximum atomic E-state index is 13.1. The van der Waals surface area contributed by atoms with Crippen LogP contribution < -0.4 is 0 Å². The molecule has 0 amide bonds. The zero-order chi connectivity index (χ0) is 13.7. The van der Waals surface area contributed by atoms with Gasteiger partial charge in [0.05, 0.1) is 0 Å². The molecule has 0 aromatic rings. The quantitative estimate of drug-likeness (QED) is 0.653. The van der Waals surface area contributed by atoms with Gasteiger partial charge in [-0.1, -0.05) is 18.7 Å². The average molecular weight is 278 g/mol. The second-order valence-electron chi connectivity index (χ2n) is 3.83. The Kier molecular flexibility index (Phi) is 6.43. The summed E-state index contributed by atoms with van der Waals surface area (Å²) < 4.78 is 63.8. The van der Waals surface area contributed by atoms with Crippen LogP contribution in [0.25, 0.3) is 0 Å². The van der Waals surface area contributed by atoms with E-state index in [2.05, 4.69) is 0 Å². The van der Waals surface area contributed by atoms with E-state index in [1.807, 2.05) is 0 Å². The lowest BCUT2D eigenvalue weighted by Gasteiger charge is -2.22. The largest absolute Gasteiger partial charge is 0.287 e. The third-order valence-electron chi connectivity index (χ3n) is 1.98. The van der Waals surface area contributed by atoms with Gasteiger partial charge in [-0.25, -0.2) is 22.0 Å². The normalized spacial score (nSPS) is 14.8. The molecule has 17 heavy (non-hydrogen) atoms. The molecule has 1 atom stereocenters. The van der Waals surface area contributed by atoms with E-state index < -0.39 is 30.9 Å². The molecule has 0 heterocycles. The van der Waals surface area contributed by atoms with Gasteiger partial charge in [0.2, 0.25) is 5.92 Å². The minimum absolute atomic E-state index is 0.197. The highest BCUT2D eigenvalue weighted by atomic mass is 32.2. The number of thioether (sulfide) groups is 1. The molecule has 0 aliphatic carbocycles. The van der Waals surface area contributed by atoms with Crippen molar-refractivity contribution in [1.82, 2.24) is 0 Å². The Labute approximate surface area is 101 Å². The number of rotatable bonds is 7. The third-order valence-corrected chi connectivity index (χ3v) is 3.00. The summed E-state index contributed by atoms with van der Waals surface area (Å²) in [5, 5.41) is -0.281. The molecule has 0 N–H and O–H groups in total. The van der Waals surface area contributed by atoms with Crippen molar-refractivity contribution in [3.05, 3.63) is 0 Å². The first kappa shape index (κ1) is 16.7. The lowest BCUT2D eigenvalue weighted by Crippen LogP contribution is -2.35. The molecule has 0 aromatic heterocycles. The van der Waals surface area contributed by atoms with Gasteiger partial charge in [0.1, 0.15) is 0 Å². The van der Waals surface area contributed by atoms with Gasteiger partial charge in [-0.05, 0) is 6.92 Å². The summed E-state index contributed by atoms with van der Waals surface area (Å²) in [7, 11) is 0. The van der Waals surface area contributed by atoms with Gasteiger partial charge in [-0.15, -0.1) is 0 Å². The molecule has 0 rings (SSSR count). The highest BCUT2D eigenvalue weighted by Crippen LogP contribution is 2.34. The van der Waals surface area contributed by atoms with Crippen LogP contribution in [0.2, 0.25) is 0 Å². The van der Waals surface area contributed by atoms with E-state index in [-0.39, 0.29) is 17.3 Å². The summed E-state index contributed by atoms with van der Waals surface area (Å²) >= 11 is 0.666. The van der Waals surface area contributed by atoms with Crippen LogP contribution in [0.3, 0.4) is 0 Å². The van der Waals surface area contributed by atoms with E-state index in [4.69, 9.17) is 0 Å². The van der Waals surface area contributed by atoms with Crippen molar-refractivity contribution in [2.24, 2.45) is 0 Å². The highest BCUT2D eigenvalue weighted by Gasteiger charge is 2.44. The summed E-state index contributed by atoms with van der Waals surface area (Å²) in [6, 6.07) is 0. The molecule has 0 aliphatic heterocycles. The van der Waals surface area contributed by atoms with Gasteiger partial charge >= 0.3 is 0 Å². The predicted molar refractivity (Wildman–Crippen MR) is 57.5 cm³/mol. The molecule has 7 heteroatoms. The smallest absolute Gasteiger partial charge is 0.279 e. The first-order chi connectivity index (χ1) is 7.58. The Morgan fingerprint density at radius 3 is 2.24 bits per heavy atom. The fourth-order valence-electron chi connectivity index (χ4n) is 1.02. The lowest BCUT2D eigenvalue weighted by molar-refractivity contribution is -0.113. The zero-order valence-electron chi connectivity index (χ0n) is 9.61. The van der Waals surface area contributed by atoms with Crippen molar-refractivity contribution in [1.29, 1.82) is 0 Å². The number of hydrogen-bond donors (Lipinski definition) is 0. The zero-order valence-corrected chi connectivity index (χ0v) is 10.4. The molecule has 0 bridgehead atoms. The van der Waals surface area contributed by atoms with Crippen molar-refractivity contribution in [2.75, 3.05) is 5.75 Å². The number of halogens is 5. The summed E-state index contributed by atoms with van der Waals surface area (Å²) in [5.41, 5.74) is 0. The maximum Gasteiger partial charge on any atom is 0.279 e. The van der Waals surface area contributed by atoms with Crippen molar-refractivity contribution in [3.63, 3.8) is 0 Å². The Balaban J connectivity index is 4.13. The summed E-state index contributed by atoms with van der Waals surface area (Å²) in [6.45, 7) is 1.97. The Morgan fingerprint density at radius 1 is 1.29 bits per heavy atom. The first-order valence-electron chi connectivity index (χ1n) is 5.14. The molecule has 0 spiro atoms. The van der Waals surface area contributed by atoms with Gasteiger partial charge in [0, 0.05) is 25.0 Å². The second-order valence-corrected chi connectivity index (χ2v) is 4.98. The van der Waals surface area contributed by atoms with E-state index in [1.165, 1.54) is 0 Å². The predicted octanol–water partition coefficient (Wildman–Crippen LogP) is 4.07. The molecule has 0 fully saturated rings. The van der Waals surface area contributed by atoms with Crippen LogP contribution in [-0.2, 0) is 4.79 Å². The van der Waals surface area contributed by atoms with Crippen LogP contribution in [0, 0.1) is 0 Å². The molecular formula is C10H15F5OS. The minimum Gasteiger partial charge on any atom is -0.287 e. The topological polar surface area (TPSA) is 17.1 Å². The summed E-state index contributed by atoms with van der Waals surface area (Å²) in [5.74, 6) is -7.55. The van der Waals surface area contributed by atoms with Gasteiger partial charge in [-0.3, -0.25) is 4.79 Å². The van der Waals surface area contributed by atoms with Crippen molar-refractivity contribution in [2.45, 2.75) is 51.1 Å². The highest BCUT2D eigenvalue weighted by molar-refractivity contribution is 8.13. The van der Waals surface area contributed by atoms with E-state index in [0.29, 0.717) is 18.7 Å². The maximum absolute atomic E-state index is 13.1. The van der Waals surface area contributed by atoms with Crippen molar-refractivity contribution >= 4 is 16.9 Å². The van der Waals surface area contributed by atoms with Crippen molar-refractivity contribution < 1.29 is 26.7 Å². The van der Waals surface area contributed by atoms with Gasteiger partial charge in [0.25, 0.3) is 5.92 Å². The van der Waals surface area contributed by atoms with Crippen LogP contribution in [0.5, 0.6) is 0 Å². The van der Waals surface area contributed by atoms with Crippen LogP contribution in [0.15, 0.2) is 0 Å². The average Bonchev–Trinajstić information content (AvgIpc) is 2.14. The Hall–Kier alpha value is -0.330. The van der Waals surface area contributed by atoms with Crippen molar-refractivity contribution in [3.8, 4) is 0 Å². The van der Waals surface area contributed by atoms with E-state index in [9.17, 15) is 26.7 Å². The standard InChI is InChI=1S/C10H15F5OS/c1-3-8(16)17-5-4-10(14,15)7(11)6-9(2,12)13/h7H,3-6H2,1-2H3. The van der Waals surface area contributed by atoms with Crippen LogP contribution in [0.4, 0.5) is 22.0 Å². The Morgan fingerprint density at radius 2 is 1.82 bits per heavy atom. The SMILES string of the molecule is CCC(=O)SCCC(F)(F)C(F)CC(C)(F)F. The van der Waals surface area contributed by atoms with Crippen LogP contribution in [0.1, 0.15) is 33.1 Å². The molecule has 0 saturated carbocycles. The van der Waals surface area contributed by atoms with E-state index in [0.717, 1.165) is 0 Å². The van der Waals surface area contributed by atoms with Gasteiger partial charge in [0.15, 0.2) is 11.3 Å². The molecule has 0 radical (unpaired) electrons. The molecule has 1 unspecified atom stereocenters. The van der Waals surface area contributed by atoms with E-state index >= 15 is 0 Å². The second kappa shape index (κ2) is 6.56. The number of alkyl halides is 5. The first-order valence-corrected chi connectivity index (χ1v) is 6.12. The molecule has 0 aromatic carbocycles. The molecule has 102 valence electrons. The van der Waals surface area contributed by atoms with Crippen LogP contribution >= 0.6 is 11.8 Å². The van der Waals surface area contributed by atoms with E-state index in [1.54, 1.807) is 6.92 Å². The number of hydrogen-bond acceptors (Lipinski definition) is 2. The Bertz CT molecular complexity index is 252. The number of carbonyl (C=O) groups is 1. The van der Waals surface area contributed by atoms with Gasteiger partial charge < -0.3 is 0 Å². The minimum atomic E-state index is -3.82. The van der Waals surface area contributed by atoms with Crippen LogP contribution in [-0.4, -0.2) is 28.9 Å². The summed E-state index contributed by atoms with van der Waals surface area (Å²) in [6.07, 6.45) is -5.12. The number of carbonyl (C=O) groups excluding carboxylic acids is 1.